The summed E-state index contributed by atoms with van der Waals surface area (Å²) in [5, 5.41) is 5.43. The molecule has 2 amide bonds. The second-order valence-electron chi connectivity index (χ2n) is 7.35. The largest absolute Gasteiger partial charge is 0.383 e. The maximum Gasteiger partial charge on any atom is 0.330 e. The fourth-order valence-corrected chi connectivity index (χ4v) is 3.43. The molecule has 0 saturated heterocycles. The molecule has 0 aliphatic carbocycles. The third kappa shape index (κ3) is 4.24. The number of aromatic amines is 1. The van der Waals surface area contributed by atoms with Crippen molar-refractivity contribution < 1.29 is 14.0 Å². The van der Waals surface area contributed by atoms with E-state index in [1.165, 1.54) is 40.9 Å². The van der Waals surface area contributed by atoms with Gasteiger partial charge in [0.2, 0.25) is 5.91 Å². The molecular formula is C20H24FN7O4. The predicted molar refractivity (Wildman–Crippen MR) is 118 cm³/mol. The molecule has 3 rings (SSSR count). The number of hydrogen-bond donors (Lipinski definition) is 3. The van der Waals surface area contributed by atoms with E-state index in [1.807, 2.05) is 6.92 Å². The summed E-state index contributed by atoms with van der Waals surface area (Å²) in [4.78, 5) is 52.8. The molecule has 1 aliphatic rings. The van der Waals surface area contributed by atoms with E-state index in [1.54, 1.807) is 0 Å². The Bertz CT molecular complexity index is 1190. The molecule has 32 heavy (non-hydrogen) atoms. The van der Waals surface area contributed by atoms with E-state index in [0.29, 0.717) is 12.1 Å². The molecule has 0 radical (unpaired) electrons. The molecule has 0 bridgehead atoms. The number of H-pyrrole nitrogens is 1. The van der Waals surface area contributed by atoms with E-state index < -0.39 is 34.9 Å². The van der Waals surface area contributed by atoms with E-state index in [4.69, 9.17) is 11.5 Å². The minimum absolute atomic E-state index is 0.0502. The molecule has 11 nitrogen and oxygen atoms in total. The predicted octanol–water partition coefficient (Wildman–Crippen LogP) is 0.141. The van der Waals surface area contributed by atoms with Crippen LogP contribution in [0.15, 0.2) is 39.0 Å². The molecule has 0 saturated carbocycles. The highest BCUT2D eigenvalue weighted by Crippen LogP contribution is 2.26. The van der Waals surface area contributed by atoms with Crippen LogP contribution >= 0.6 is 0 Å². The molecule has 0 fully saturated rings. The topological polar surface area (TPSA) is 160 Å². The standard InChI is InChI=1S/C20H24FN7O4/c1-3-4-9-27-16(22)15(18(30)24-20(27)32)26(2)19(31)13-10-14(17(23)29)28(25-13)12-7-5-11(21)6-8-12/h5-8,14H,3-4,9-10,22H2,1-2H3,(H2,23,29)(H,24,30,32). The van der Waals surface area contributed by atoms with Gasteiger partial charge in [0.25, 0.3) is 11.5 Å². The minimum Gasteiger partial charge on any atom is -0.383 e. The van der Waals surface area contributed by atoms with Crippen LogP contribution in [0.3, 0.4) is 0 Å². The average Bonchev–Trinajstić information content (AvgIpc) is 3.19. The van der Waals surface area contributed by atoms with Crippen LogP contribution in [-0.4, -0.2) is 40.2 Å². The first-order chi connectivity index (χ1) is 15.1. The Kier molecular flexibility index (Phi) is 6.42. The molecular weight excluding hydrogens is 421 g/mol. The summed E-state index contributed by atoms with van der Waals surface area (Å²) in [5.41, 5.74) is 10.2. The number of carbonyl (C=O) groups excluding carboxylic acids is 2. The van der Waals surface area contributed by atoms with Gasteiger partial charge in [0.1, 0.15) is 23.4 Å². The number of primary amides is 1. The van der Waals surface area contributed by atoms with E-state index in [9.17, 15) is 23.6 Å². The number of rotatable bonds is 7. The lowest BCUT2D eigenvalue weighted by atomic mass is 10.1. The van der Waals surface area contributed by atoms with Crippen LogP contribution in [0.4, 0.5) is 21.6 Å². The average molecular weight is 445 g/mol. The van der Waals surface area contributed by atoms with Gasteiger partial charge in [0, 0.05) is 20.0 Å². The number of carbonyl (C=O) groups is 2. The molecule has 1 aliphatic heterocycles. The summed E-state index contributed by atoms with van der Waals surface area (Å²) in [6.45, 7) is 2.21. The second-order valence-corrected chi connectivity index (χ2v) is 7.35. The van der Waals surface area contributed by atoms with Crippen LogP contribution in [0.25, 0.3) is 0 Å². The molecule has 0 spiro atoms. The number of benzene rings is 1. The van der Waals surface area contributed by atoms with Crippen LogP contribution < -0.4 is 32.6 Å². The fraction of sp³-hybridized carbons (Fsp3) is 0.350. The highest BCUT2D eigenvalue weighted by Gasteiger charge is 2.37. The van der Waals surface area contributed by atoms with Gasteiger partial charge in [0.05, 0.1) is 5.69 Å². The van der Waals surface area contributed by atoms with Gasteiger partial charge in [-0.1, -0.05) is 13.3 Å². The zero-order chi connectivity index (χ0) is 23.6. The third-order valence-electron chi connectivity index (χ3n) is 5.17. The van der Waals surface area contributed by atoms with Gasteiger partial charge in [-0.3, -0.25) is 28.9 Å². The molecule has 170 valence electrons. The summed E-state index contributed by atoms with van der Waals surface area (Å²) in [5.74, 6) is -2.05. The molecule has 2 heterocycles. The maximum atomic E-state index is 13.3. The summed E-state index contributed by atoms with van der Waals surface area (Å²) in [6.07, 6.45) is 1.32. The lowest BCUT2D eigenvalue weighted by Crippen LogP contribution is -2.42. The Morgan fingerprint density at radius 2 is 1.94 bits per heavy atom. The summed E-state index contributed by atoms with van der Waals surface area (Å²) in [7, 11) is 1.32. The number of nitrogen functional groups attached to an aromatic ring is 1. The van der Waals surface area contributed by atoms with Crippen LogP contribution in [0.5, 0.6) is 0 Å². The lowest BCUT2D eigenvalue weighted by Gasteiger charge is -2.20. The van der Waals surface area contributed by atoms with Gasteiger partial charge in [0.15, 0.2) is 5.69 Å². The number of nitrogens with zero attached hydrogens (tertiary/aromatic N) is 4. The van der Waals surface area contributed by atoms with Crippen molar-refractivity contribution in [1.82, 2.24) is 9.55 Å². The van der Waals surface area contributed by atoms with E-state index in [0.717, 1.165) is 11.3 Å². The molecule has 2 aromatic rings. The number of hydrazone groups is 1. The van der Waals surface area contributed by atoms with Crippen molar-refractivity contribution >= 4 is 34.7 Å². The SMILES string of the molecule is CCCCn1c(N)c(N(C)C(=O)C2=NN(c3ccc(F)cc3)C(C(N)=O)C2)c(=O)[nH]c1=O. The minimum atomic E-state index is -0.970. The van der Waals surface area contributed by atoms with Crippen molar-refractivity contribution in [2.24, 2.45) is 10.8 Å². The number of nitrogens with one attached hydrogen (secondary N) is 1. The molecule has 5 N–H and O–H groups in total. The van der Waals surface area contributed by atoms with Crippen molar-refractivity contribution in [2.45, 2.75) is 38.8 Å². The second kappa shape index (κ2) is 9.04. The van der Waals surface area contributed by atoms with Crippen LogP contribution in [0, 0.1) is 5.82 Å². The van der Waals surface area contributed by atoms with Crippen LogP contribution in [-0.2, 0) is 16.1 Å². The number of amides is 2. The molecule has 1 aromatic carbocycles. The van der Waals surface area contributed by atoms with Gasteiger partial charge in [-0.2, -0.15) is 5.10 Å². The highest BCUT2D eigenvalue weighted by atomic mass is 19.1. The van der Waals surface area contributed by atoms with Gasteiger partial charge in [-0.05, 0) is 30.7 Å². The Morgan fingerprint density at radius 3 is 2.53 bits per heavy atom. The van der Waals surface area contributed by atoms with Gasteiger partial charge >= 0.3 is 5.69 Å². The first kappa shape index (κ1) is 22.7. The van der Waals surface area contributed by atoms with Crippen molar-refractivity contribution in [1.29, 1.82) is 0 Å². The summed E-state index contributed by atoms with van der Waals surface area (Å²) < 4.78 is 14.5. The van der Waals surface area contributed by atoms with Crippen LogP contribution in [0.1, 0.15) is 26.2 Å². The quantitative estimate of drug-likeness (QED) is 0.550. The maximum absolute atomic E-state index is 13.3. The molecule has 1 atom stereocenters. The van der Waals surface area contributed by atoms with E-state index in [2.05, 4.69) is 10.1 Å². The summed E-state index contributed by atoms with van der Waals surface area (Å²) >= 11 is 0. The Hall–Kier alpha value is -3.96. The van der Waals surface area contributed by atoms with Crippen LogP contribution in [0.2, 0.25) is 0 Å². The van der Waals surface area contributed by atoms with Crippen molar-refractivity contribution in [3.8, 4) is 0 Å². The molecule has 12 heteroatoms. The third-order valence-corrected chi connectivity index (χ3v) is 5.17. The van der Waals surface area contributed by atoms with Gasteiger partial charge < -0.3 is 16.4 Å². The van der Waals surface area contributed by atoms with Crippen molar-refractivity contribution in [2.75, 3.05) is 22.7 Å². The zero-order valence-electron chi connectivity index (χ0n) is 17.7. The first-order valence-corrected chi connectivity index (χ1v) is 9.98. The molecule has 1 aromatic heterocycles. The number of hydrogen-bond acceptors (Lipinski definition) is 7. The smallest absolute Gasteiger partial charge is 0.330 e. The summed E-state index contributed by atoms with van der Waals surface area (Å²) in [6, 6.07) is 4.21. The number of aromatic nitrogens is 2. The van der Waals surface area contributed by atoms with Gasteiger partial charge in [-0.25, -0.2) is 9.18 Å². The number of nitrogens with two attached hydrogens (primary N) is 2. The normalized spacial score (nSPS) is 15.5. The monoisotopic (exact) mass is 445 g/mol. The fourth-order valence-electron chi connectivity index (χ4n) is 3.43. The lowest BCUT2D eigenvalue weighted by molar-refractivity contribution is -0.119. The number of halogens is 1. The van der Waals surface area contributed by atoms with E-state index >= 15 is 0 Å². The Balaban J connectivity index is 1.97. The zero-order valence-corrected chi connectivity index (χ0v) is 17.7. The van der Waals surface area contributed by atoms with E-state index in [-0.39, 0.29) is 30.2 Å². The van der Waals surface area contributed by atoms with Crippen molar-refractivity contribution in [3.63, 3.8) is 0 Å². The van der Waals surface area contributed by atoms with Gasteiger partial charge in [-0.15, -0.1) is 0 Å². The number of anilines is 3. The first-order valence-electron chi connectivity index (χ1n) is 9.98. The number of unbranched alkanes of at least 4 members (excludes halogenated alkanes) is 1. The highest BCUT2D eigenvalue weighted by molar-refractivity contribution is 6.45. The Morgan fingerprint density at radius 1 is 1.28 bits per heavy atom. The Labute approximate surface area is 182 Å². The van der Waals surface area contributed by atoms with Crippen molar-refractivity contribution in [3.05, 3.63) is 50.9 Å². The molecule has 1 unspecified atom stereocenters.